The van der Waals surface area contributed by atoms with Crippen molar-refractivity contribution in [2.45, 2.75) is 84.1 Å². The minimum Gasteiger partial charge on any atom is -0.479 e. The van der Waals surface area contributed by atoms with E-state index in [0.717, 1.165) is 11.2 Å². The molecule has 0 bridgehead atoms. The van der Waals surface area contributed by atoms with Crippen LogP contribution < -0.4 is 4.74 Å². The van der Waals surface area contributed by atoms with E-state index in [2.05, 4.69) is 10.3 Å². The molecule has 2 aliphatic heterocycles. The summed E-state index contributed by atoms with van der Waals surface area (Å²) >= 11 is 0. The number of carbonyl (C=O) groups is 4. The maximum atomic E-state index is 12.9. The van der Waals surface area contributed by atoms with Crippen LogP contribution in [-0.4, -0.2) is 142 Å². The normalized spacial score (nSPS) is 20.7. The minimum absolute atomic E-state index is 0.0373. The summed E-state index contributed by atoms with van der Waals surface area (Å²) in [7, 11) is -3.33. The van der Waals surface area contributed by atoms with Gasteiger partial charge in [-0.2, -0.15) is 0 Å². The molecular weight excluding hydrogens is 730 g/mol. The van der Waals surface area contributed by atoms with Crippen molar-refractivity contribution in [2.75, 3.05) is 44.9 Å². The lowest BCUT2D eigenvalue weighted by molar-refractivity contribution is -0.238. The number of carbonyl (C=O) groups excluding carboxylic acids is 3. The molecule has 4 atom stereocenters. The Morgan fingerprint density at radius 2 is 1.76 bits per heavy atom. The van der Waals surface area contributed by atoms with Gasteiger partial charge in [-0.1, -0.05) is 45.9 Å². The van der Waals surface area contributed by atoms with Gasteiger partial charge in [-0.15, -0.1) is 5.10 Å². The summed E-state index contributed by atoms with van der Waals surface area (Å²) in [6, 6.07) is 4.61. The molecule has 0 saturated carbocycles. The van der Waals surface area contributed by atoms with Crippen molar-refractivity contribution in [3.63, 3.8) is 0 Å². The fraction of sp³-hybridized carbons (Fsp3) is 0.600. The van der Waals surface area contributed by atoms with Crippen LogP contribution >= 0.6 is 0 Å². The first-order valence-corrected chi connectivity index (χ1v) is 19.4. The summed E-state index contributed by atoms with van der Waals surface area (Å²) in [6.07, 6.45) is -1.37. The standard InChI is InChI=1S/C35H49N5O13S/c1-7-12-38(13-14-54(6,48)49)33(47)51-18-22-8-9-25(52-32-30(44)24(41)16-26(53-32)31(45)46)23(15-22)40-17-27(36-37-40)35(4,5)21-50-20-34(2,3)19-39-28(42)10-11-29(39)43/h8-11,15,17,24,26,30,32,41,44H,7,12-14,16,18-21H2,1-6H3,(H,45,46)/t24-,26-,30+,32+/m0/s1. The van der Waals surface area contributed by atoms with Crippen LogP contribution in [0.25, 0.3) is 5.69 Å². The second-order valence-electron chi connectivity index (χ2n) is 14.9. The molecule has 19 heteroatoms. The Morgan fingerprint density at radius 3 is 2.39 bits per heavy atom. The number of imide groups is 1. The number of aliphatic hydroxyl groups is 2. The quantitative estimate of drug-likeness (QED) is 0.180. The number of nitrogens with zero attached hydrogens (tertiary/aromatic N) is 5. The molecule has 3 amide bonds. The molecule has 0 unspecified atom stereocenters. The fourth-order valence-electron chi connectivity index (χ4n) is 5.64. The molecule has 54 heavy (non-hydrogen) atoms. The molecule has 18 nitrogen and oxygen atoms in total. The lowest BCUT2D eigenvalue weighted by Crippen LogP contribution is -2.52. The molecular formula is C35H49N5O13S. The number of rotatable bonds is 18. The number of carboxylic acid groups (broad SMARTS) is 1. The summed E-state index contributed by atoms with van der Waals surface area (Å²) in [6.45, 7) is 9.95. The van der Waals surface area contributed by atoms with Crippen LogP contribution in [0.15, 0.2) is 36.5 Å². The summed E-state index contributed by atoms with van der Waals surface area (Å²) in [5, 5.41) is 39.1. The summed E-state index contributed by atoms with van der Waals surface area (Å²) in [4.78, 5) is 51.2. The van der Waals surface area contributed by atoms with Gasteiger partial charge in [-0.25, -0.2) is 22.7 Å². The van der Waals surface area contributed by atoms with Crippen molar-refractivity contribution >= 4 is 33.7 Å². The number of ether oxygens (including phenoxy) is 4. The summed E-state index contributed by atoms with van der Waals surface area (Å²) in [5.74, 6) is -2.26. The number of hydrogen-bond donors (Lipinski definition) is 3. The number of aromatic nitrogens is 3. The third-order valence-electron chi connectivity index (χ3n) is 8.69. The molecule has 0 spiro atoms. The van der Waals surface area contributed by atoms with Crippen LogP contribution in [-0.2, 0) is 50.5 Å². The first-order chi connectivity index (χ1) is 25.2. The maximum absolute atomic E-state index is 12.9. The van der Waals surface area contributed by atoms with Gasteiger partial charge in [0.15, 0.2) is 6.10 Å². The average molecular weight is 780 g/mol. The third-order valence-corrected chi connectivity index (χ3v) is 9.62. The lowest BCUT2D eigenvalue weighted by Gasteiger charge is -2.35. The Morgan fingerprint density at radius 1 is 1.07 bits per heavy atom. The minimum atomic E-state index is -3.33. The highest BCUT2D eigenvalue weighted by Gasteiger charge is 2.42. The molecule has 4 rings (SSSR count). The number of sulfone groups is 1. The SMILES string of the molecule is CCCN(CCS(C)(=O)=O)C(=O)OCc1ccc(O[C@@H]2O[C@H](C(=O)O)C[C@H](O)[C@H]2O)c(-n2cc(C(C)(C)COCC(C)(C)CN3C(=O)C=CC3=O)nn2)c1. The summed E-state index contributed by atoms with van der Waals surface area (Å²) in [5.41, 5.74) is -0.0700. The van der Waals surface area contributed by atoms with E-state index in [1.165, 1.54) is 27.8 Å². The Labute approximate surface area is 313 Å². The highest BCUT2D eigenvalue weighted by atomic mass is 32.2. The second kappa shape index (κ2) is 17.4. The largest absolute Gasteiger partial charge is 0.479 e. The van der Waals surface area contributed by atoms with Gasteiger partial charge in [0.2, 0.25) is 6.29 Å². The van der Waals surface area contributed by atoms with E-state index in [1.807, 2.05) is 34.6 Å². The van der Waals surface area contributed by atoms with Crippen molar-refractivity contribution in [2.24, 2.45) is 5.41 Å². The Hall–Kier alpha value is -4.43. The maximum Gasteiger partial charge on any atom is 0.410 e. The predicted molar refractivity (Wildman–Crippen MR) is 190 cm³/mol. The van der Waals surface area contributed by atoms with Gasteiger partial charge in [0.1, 0.15) is 34.0 Å². The van der Waals surface area contributed by atoms with Gasteiger partial charge >= 0.3 is 12.1 Å². The van der Waals surface area contributed by atoms with Crippen LogP contribution in [0.5, 0.6) is 5.75 Å². The molecule has 0 aliphatic carbocycles. The van der Waals surface area contributed by atoms with E-state index in [-0.39, 0.29) is 74.9 Å². The number of carboxylic acids is 1. The number of amides is 3. The van der Waals surface area contributed by atoms with E-state index in [1.54, 1.807) is 18.3 Å². The van der Waals surface area contributed by atoms with Gasteiger partial charge < -0.3 is 39.2 Å². The van der Waals surface area contributed by atoms with Crippen molar-refractivity contribution in [3.8, 4) is 11.4 Å². The van der Waals surface area contributed by atoms with Crippen molar-refractivity contribution in [3.05, 3.63) is 47.8 Å². The van der Waals surface area contributed by atoms with Gasteiger partial charge in [0.05, 0.1) is 37.0 Å². The zero-order valence-corrected chi connectivity index (χ0v) is 32.0. The number of aliphatic carboxylic acids is 1. The zero-order chi connectivity index (χ0) is 40.0. The molecule has 298 valence electrons. The van der Waals surface area contributed by atoms with Crippen molar-refractivity contribution in [1.82, 2.24) is 24.8 Å². The Bertz CT molecular complexity index is 1810. The Kier molecular flexibility index (Phi) is 13.6. The van der Waals surface area contributed by atoms with Crippen LogP contribution in [0.4, 0.5) is 4.79 Å². The second-order valence-corrected chi connectivity index (χ2v) is 17.2. The number of benzene rings is 1. The lowest BCUT2D eigenvalue weighted by atomic mass is 9.90. The number of aliphatic hydroxyl groups excluding tert-OH is 2. The van der Waals surface area contributed by atoms with E-state index >= 15 is 0 Å². The summed E-state index contributed by atoms with van der Waals surface area (Å²) < 4.78 is 47.8. The van der Waals surface area contributed by atoms with E-state index in [9.17, 15) is 42.9 Å². The van der Waals surface area contributed by atoms with Gasteiger partial charge in [0.25, 0.3) is 11.8 Å². The van der Waals surface area contributed by atoms with Crippen molar-refractivity contribution < 1.29 is 61.9 Å². The Balaban J connectivity index is 1.55. The molecule has 0 radical (unpaired) electrons. The molecule has 1 aromatic heterocycles. The molecule has 2 aliphatic rings. The van der Waals surface area contributed by atoms with Gasteiger partial charge in [0, 0.05) is 55.3 Å². The first kappa shape index (κ1) is 42.3. The fourth-order valence-corrected chi connectivity index (χ4v) is 6.19. The highest BCUT2D eigenvalue weighted by molar-refractivity contribution is 7.90. The van der Waals surface area contributed by atoms with E-state index in [4.69, 9.17) is 18.9 Å². The average Bonchev–Trinajstić information content (AvgIpc) is 3.71. The van der Waals surface area contributed by atoms with Gasteiger partial charge in [-0.3, -0.25) is 14.5 Å². The van der Waals surface area contributed by atoms with E-state index in [0.29, 0.717) is 17.7 Å². The predicted octanol–water partition coefficient (Wildman–Crippen LogP) is 1.21. The molecule has 1 fully saturated rings. The molecule has 2 aromatic rings. The molecule has 1 saturated heterocycles. The third kappa shape index (κ3) is 11.3. The monoisotopic (exact) mass is 779 g/mol. The van der Waals surface area contributed by atoms with Crippen LogP contribution in [0.3, 0.4) is 0 Å². The van der Waals surface area contributed by atoms with Crippen LogP contribution in [0.2, 0.25) is 0 Å². The smallest absolute Gasteiger partial charge is 0.410 e. The van der Waals surface area contributed by atoms with Crippen LogP contribution in [0, 0.1) is 5.41 Å². The van der Waals surface area contributed by atoms with Crippen LogP contribution in [0.1, 0.15) is 58.7 Å². The molecule has 3 heterocycles. The van der Waals surface area contributed by atoms with Gasteiger partial charge in [-0.05, 0) is 24.1 Å². The van der Waals surface area contributed by atoms with E-state index < -0.39 is 57.3 Å². The number of hydrogen-bond acceptors (Lipinski definition) is 14. The highest BCUT2D eigenvalue weighted by Crippen LogP contribution is 2.31. The topological polar surface area (TPSA) is 237 Å². The first-order valence-electron chi connectivity index (χ1n) is 17.4. The molecule has 1 aromatic carbocycles. The molecule has 3 N–H and O–H groups in total. The zero-order valence-electron chi connectivity index (χ0n) is 31.2. The van der Waals surface area contributed by atoms with Crippen molar-refractivity contribution in [1.29, 1.82) is 0 Å².